The number of aromatic nitrogens is 2. The molecule has 0 radical (unpaired) electrons. The van der Waals surface area contributed by atoms with Crippen molar-refractivity contribution in [3.05, 3.63) is 48.0 Å². The Hall–Kier alpha value is -2.14. The summed E-state index contributed by atoms with van der Waals surface area (Å²) in [7, 11) is 0. The maximum absolute atomic E-state index is 11.7. The van der Waals surface area contributed by atoms with Crippen LogP contribution < -0.4 is 5.73 Å². The van der Waals surface area contributed by atoms with Gasteiger partial charge in [-0.3, -0.25) is 4.79 Å². The number of carbonyl (C=O) groups is 1. The van der Waals surface area contributed by atoms with Crippen molar-refractivity contribution in [2.24, 2.45) is 5.73 Å². The molecule has 0 bridgehead atoms. The first-order chi connectivity index (χ1) is 10.5. The third-order valence-corrected chi connectivity index (χ3v) is 4.14. The Bertz CT molecular complexity index is 651. The van der Waals surface area contributed by atoms with Crippen molar-refractivity contribution >= 4 is 5.97 Å². The van der Waals surface area contributed by atoms with Crippen molar-refractivity contribution in [3.8, 4) is 5.69 Å². The van der Waals surface area contributed by atoms with Crippen LogP contribution in [0.15, 0.2) is 36.8 Å². The van der Waals surface area contributed by atoms with Gasteiger partial charge in [-0.15, -0.1) is 0 Å². The number of nitrogens with zero attached hydrogens (tertiary/aromatic N) is 2. The van der Waals surface area contributed by atoms with Gasteiger partial charge in [-0.05, 0) is 44.9 Å². The summed E-state index contributed by atoms with van der Waals surface area (Å²) >= 11 is 0. The Kier molecular flexibility index (Phi) is 4.98. The average molecular weight is 301 g/mol. The number of aliphatic carboxylic acids is 1. The van der Waals surface area contributed by atoms with Gasteiger partial charge in [0.15, 0.2) is 0 Å². The molecule has 2 rings (SSSR count). The van der Waals surface area contributed by atoms with Crippen molar-refractivity contribution in [2.75, 3.05) is 6.54 Å². The van der Waals surface area contributed by atoms with Crippen LogP contribution in [0.5, 0.6) is 0 Å². The molecule has 1 aromatic heterocycles. The van der Waals surface area contributed by atoms with Crippen LogP contribution in [-0.4, -0.2) is 27.2 Å². The summed E-state index contributed by atoms with van der Waals surface area (Å²) in [5, 5.41) is 9.64. The van der Waals surface area contributed by atoms with E-state index in [4.69, 9.17) is 5.73 Å². The molecule has 0 spiro atoms. The number of carboxylic acids is 1. The van der Waals surface area contributed by atoms with Crippen LogP contribution in [-0.2, 0) is 10.2 Å². The maximum atomic E-state index is 11.7. The Balaban J connectivity index is 2.31. The zero-order valence-corrected chi connectivity index (χ0v) is 13.1. The van der Waals surface area contributed by atoms with E-state index < -0.39 is 11.4 Å². The molecule has 5 heteroatoms. The summed E-state index contributed by atoms with van der Waals surface area (Å²) in [6.07, 6.45) is 5.63. The molecule has 0 aliphatic rings. The highest BCUT2D eigenvalue weighted by atomic mass is 16.4. The third kappa shape index (κ3) is 3.20. The lowest BCUT2D eigenvalue weighted by Crippen LogP contribution is -2.33. The van der Waals surface area contributed by atoms with Crippen molar-refractivity contribution in [2.45, 2.75) is 38.5 Å². The number of imidazole rings is 1. The molecule has 0 aliphatic carbocycles. The Labute approximate surface area is 130 Å². The lowest BCUT2D eigenvalue weighted by atomic mass is 9.82. The molecule has 0 saturated carbocycles. The van der Waals surface area contributed by atoms with Gasteiger partial charge in [-0.25, -0.2) is 4.98 Å². The van der Waals surface area contributed by atoms with E-state index in [0.29, 0.717) is 18.7 Å². The van der Waals surface area contributed by atoms with E-state index in [2.05, 4.69) is 4.98 Å². The van der Waals surface area contributed by atoms with Gasteiger partial charge >= 0.3 is 5.97 Å². The van der Waals surface area contributed by atoms with Crippen LogP contribution in [0.2, 0.25) is 0 Å². The molecule has 118 valence electrons. The molecular formula is C17H23N3O2. The zero-order valence-electron chi connectivity index (χ0n) is 13.1. The Morgan fingerprint density at radius 3 is 2.73 bits per heavy atom. The number of unbranched alkanes of at least 4 members (excludes halogenated alkanes) is 1. The highest BCUT2D eigenvalue weighted by Gasteiger charge is 2.36. The standard InChI is InChI=1S/C17H23N3O2/c1-13-7-3-4-8-14(13)20-11-15(19-12-20)17(2,16(21)22)9-5-6-10-18/h3-4,7-8,11-12H,5-6,9-10,18H2,1-2H3,(H,21,22). The molecule has 0 fully saturated rings. The normalized spacial score (nSPS) is 13.8. The minimum Gasteiger partial charge on any atom is -0.481 e. The van der Waals surface area contributed by atoms with Gasteiger partial charge < -0.3 is 15.4 Å². The predicted octanol–water partition coefficient (Wildman–Crippen LogP) is 2.65. The fourth-order valence-electron chi connectivity index (χ4n) is 2.56. The van der Waals surface area contributed by atoms with Crippen molar-refractivity contribution in [1.82, 2.24) is 9.55 Å². The van der Waals surface area contributed by atoms with Gasteiger partial charge in [0.25, 0.3) is 0 Å². The summed E-state index contributed by atoms with van der Waals surface area (Å²) in [4.78, 5) is 16.1. The number of hydrogen-bond donors (Lipinski definition) is 2. The first-order valence-corrected chi connectivity index (χ1v) is 7.53. The fraction of sp³-hybridized carbons (Fsp3) is 0.412. The minimum atomic E-state index is -0.983. The van der Waals surface area contributed by atoms with Crippen LogP contribution in [0.3, 0.4) is 0 Å². The highest BCUT2D eigenvalue weighted by molar-refractivity contribution is 5.80. The number of nitrogens with two attached hydrogens (primary N) is 1. The van der Waals surface area contributed by atoms with E-state index in [1.165, 1.54) is 0 Å². The number of carboxylic acid groups (broad SMARTS) is 1. The lowest BCUT2D eigenvalue weighted by Gasteiger charge is -2.22. The van der Waals surface area contributed by atoms with Gasteiger partial charge in [0, 0.05) is 11.9 Å². The monoisotopic (exact) mass is 301 g/mol. The molecule has 0 amide bonds. The predicted molar refractivity (Wildman–Crippen MR) is 86.2 cm³/mol. The van der Waals surface area contributed by atoms with E-state index >= 15 is 0 Å². The molecule has 1 heterocycles. The molecular weight excluding hydrogens is 278 g/mol. The van der Waals surface area contributed by atoms with E-state index in [-0.39, 0.29) is 0 Å². The van der Waals surface area contributed by atoms with Gasteiger partial charge in [-0.1, -0.05) is 24.6 Å². The number of benzene rings is 1. The fourth-order valence-corrected chi connectivity index (χ4v) is 2.56. The van der Waals surface area contributed by atoms with E-state index in [1.54, 1.807) is 13.3 Å². The quantitative estimate of drug-likeness (QED) is 0.770. The second kappa shape index (κ2) is 6.75. The van der Waals surface area contributed by atoms with Crippen molar-refractivity contribution in [1.29, 1.82) is 0 Å². The molecule has 2 aromatic rings. The molecule has 5 nitrogen and oxygen atoms in total. The number of para-hydroxylation sites is 1. The van der Waals surface area contributed by atoms with Crippen LogP contribution >= 0.6 is 0 Å². The first kappa shape index (κ1) is 16.2. The smallest absolute Gasteiger partial charge is 0.315 e. The van der Waals surface area contributed by atoms with Crippen molar-refractivity contribution < 1.29 is 9.90 Å². The second-order valence-electron chi connectivity index (χ2n) is 5.84. The SMILES string of the molecule is Cc1ccccc1-n1cnc(C(C)(CCCCN)C(=O)O)c1. The van der Waals surface area contributed by atoms with Crippen LogP contribution in [0.1, 0.15) is 37.4 Å². The van der Waals surface area contributed by atoms with Gasteiger partial charge in [0.05, 0.1) is 12.0 Å². The maximum Gasteiger partial charge on any atom is 0.315 e. The number of hydrogen-bond acceptors (Lipinski definition) is 3. The van der Waals surface area contributed by atoms with Gasteiger partial charge in [0.2, 0.25) is 0 Å². The number of rotatable bonds is 7. The zero-order chi connectivity index (χ0) is 16.2. The highest BCUT2D eigenvalue weighted by Crippen LogP contribution is 2.29. The summed E-state index contributed by atoms with van der Waals surface area (Å²) in [6, 6.07) is 7.95. The Morgan fingerprint density at radius 2 is 2.09 bits per heavy atom. The molecule has 1 aromatic carbocycles. The molecule has 0 aliphatic heterocycles. The second-order valence-corrected chi connectivity index (χ2v) is 5.84. The molecule has 3 N–H and O–H groups in total. The lowest BCUT2D eigenvalue weighted by molar-refractivity contribution is -0.143. The van der Waals surface area contributed by atoms with Gasteiger partial charge in [0.1, 0.15) is 5.41 Å². The summed E-state index contributed by atoms with van der Waals surface area (Å²) in [5.41, 5.74) is 7.23. The van der Waals surface area contributed by atoms with E-state index in [9.17, 15) is 9.90 Å². The molecule has 1 atom stereocenters. The van der Waals surface area contributed by atoms with Crippen LogP contribution in [0.25, 0.3) is 5.69 Å². The molecule has 1 unspecified atom stereocenters. The summed E-state index contributed by atoms with van der Waals surface area (Å²) < 4.78 is 1.88. The van der Waals surface area contributed by atoms with Crippen molar-refractivity contribution in [3.63, 3.8) is 0 Å². The molecule has 22 heavy (non-hydrogen) atoms. The minimum absolute atomic E-state index is 0.532. The average Bonchev–Trinajstić information content (AvgIpc) is 2.97. The van der Waals surface area contributed by atoms with Gasteiger partial charge in [-0.2, -0.15) is 0 Å². The van der Waals surface area contributed by atoms with E-state index in [1.807, 2.05) is 42.0 Å². The van der Waals surface area contributed by atoms with Crippen LogP contribution in [0, 0.1) is 6.92 Å². The van der Waals surface area contributed by atoms with E-state index in [0.717, 1.165) is 24.1 Å². The summed E-state index contributed by atoms with van der Waals surface area (Å²) in [5.74, 6) is -0.848. The topological polar surface area (TPSA) is 81.1 Å². The first-order valence-electron chi connectivity index (χ1n) is 7.53. The van der Waals surface area contributed by atoms with Crippen LogP contribution in [0.4, 0.5) is 0 Å². The number of aryl methyl sites for hydroxylation is 1. The largest absolute Gasteiger partial charge is 0.481 e. The summed E-state index contributed by atoms with van der Waals surface area (Å²) in [6.45, 7) is 4.33. The Morgan fingerprint density at radius 1 is 1.36 bits per heavy atom. The molecule has 0 saturated heterocycles. The third-order valence-electron chi connectivity index (χ3n) is 4.14.